The molecule has 140 valence electrons. The molecule has 0 bridgehead atoms. The molecule has 0 saturated carbocycles. The van der Waals surface area contributed by atoms with Crippen LogP contribution in [-0.4, -0.2) is 34.2 Å². The molecule has 1 unspecified atom stereocenters. The highest BCUT2D eigenvalue weighted by Gasteiger charge is 2.37. The van der Waals surface area contributed by atoms with Gasteiger partial charge in [-0.25, -0.2) is 4.98 Å². The number of nitrogens with one attached hydrogen (secondary N) is 1. The molecule has 3 rings (SSSR count). The molecule has 2 aromatic rings. The Morgan fingerprint density at radius 2 is 2.23 bits per heavy atom. The van der Waals surface area contributed by atoms with Gasteiger partial charge in [-0.2, -0.15) is 13.2 Å². The number of pyridine rings is 1. The number of carbonyl (C=O) groups is 1. The minimum Gasteiger partial charge on any atom is -0.406 e. The molecule has 1 atom stereocenters. The SMILES string of the molecule is Nc1nnc(CNC(=O)C2CCCN(c3ncccc3C(F)(F)F)C2)o1. The molecule has 1 saturated heterocycles. The molecule has 0 radical (unpaired) electrons. The van der Waals surface area contributed by atoms with E-state index in [1.165, 1.54) is 17.2 Å². The quantitative estimate of drug-likeness (QED) is 0.841. The number of nitrogen functional groups attached to an aromatic ring is 1. The molecule has 0 spiro atoms. The maximum absolute atomic E-state index is 13.2. The predicted molar refractivity (Wildman–Crippen MR) is 84.7 cm³/mol. The van der Waals surface area contributed by atoms with Crippen LogP contribution in [0, 0.1) is 5.92 Å². The molecule has 11 heteroatoms. The molecule has 1 aliphatic rings. The topological polar surface area (TPSA) is 110 Å². The zero-order valence-corrected chi connectivity index (χ0v) is 13.7. The van der Waals surface area contributed by atoms with Crippen LogP contribution < -0.4 is 16.0 Å². The number of halogens is 3. The zero-order chi connectivity index (χ0) is 18.7. The Bertz CT molecular complexity index is 779. The number of alkyl halides is 3. The van der Waals surface area contributed by atoms with E-state index in [1.54, 1.807) is 0 Å². The van der Waals surface area contributed by atoms with Crippen molar-refractivity contribution in [1.29, 1.82) is 0 Å². The lowest BCUT2D eigenvalue weighted by atomic mass is 9.96. The third-order valence-corrected chi connectivity index (χ3v) is 4.08. The van der Waals surface area contributed by atoms with Gasteiger partial charge in [0.05, 0.1) is 18.0 Å². The van der Waals surface area contributed by atoms with Gasteiger partial charge in [0.25, 0.3) is 0 Å². The van der Waals surface area contributed by atoms with Gasteiger partial charge in [-0.1, -0.05) is 5.10 Å². The lowest BCUT2D eigenvalue weighted by Crippen LogP contribution is -2.43. The second-order valence-electron chi connectivity index (χ2n) is 5.91. The third kappa shape index (κ3) is 4.03. The molecular formula is C15H17F3N6O2. The summed E-state index contributed by atoms with van der Waals surface area (Å²) in [5, 5.41) is 9.75. The van der Waals surface area contributed by atoms with Gasteiger partial charge in [0.2, 0.25) is 11.8 Å². The summed E-state index contributed by atoms with van der Waals surface area (Å²) in [5.41, 5.74) is 4.50. The number of hydrogen-bond donors (Lipinski definition) is 2. The first-order valence-electron chi connectivity index (χ1n) is 7.97. The standard InChI is InChI=1S/C15H17F3N6O2/c16-15(17,18)10-4-1-5-20-12(10)24-6-2-3-9(8-24)13(25)21-7-11-22-23-14(19)26-11/h1,4-5,9H,2-3,6-8H2,(H2,19,23)(H,21,25). The molecule has 1 aliphatic heterocycles. The number of amides is 1. The lowest BCUT2D eigenvalue weighted by Gasteiger charge is -2.34. The number of rotatable bonds is 4. The van der Waals surface area contributed by atoms with E-state index in [2.05, 4.69) is 20.5 Å². The first-order chi connectivity index (χ1) is 12.3. The smallest absolute Gasteiger partial charge is 0.406 e. The number of aromatic nitrogens is 3. The second kappa shape index (κ2) is 7.18. The van der Waals surface area contributed by atoms with Gasteiger partial charge >= 0.3 is 12.2 Å². The minimum atomic E-state index is -4.50. The fourth-order valence-electron chi connectivity index (χ4n) is 2.90. The lowest BCUT2D eigenvalue weighted by molar-refractivity contribution is -0.137. The molecule has 0 aliphatic carbocycles. The summed E-state index contributed by atoms with van der Waals surface area (Å²) in [7, 11) is 0. The molecule has 3 N–H and O–H groups in total. The van der Waals surface area contributed by atoms with Crippen molar-refractivity contribution in [1.82, 2.24) is 20.5 Å². The maximum Gasteiger partial charge on any atom is 0.419 e. The average Bonchev–Trinajstić information content (AvgIpc) is 3.04. The van der Waals surface area contributed by atoms with Gasteiger partial charge in [-0.15, -0.1) is 5.10 Å². The van der Waals surface area contributed by atoms with Crippen LogP contribution in [0.1, 0.15) is 24.3 Å². The third-order valence-electron chi connectivity index (χ3n) is 4.08. The Kier molecular flexibility index (Phi) is 4.96. The van der Waals surface area contributed by atoms with E-state index in [0.29, 0.717) is 19.4 Å². The molecule has 26 heavy (non-hydrogen) atoms. The average molecular weight is 370 g/mol. The van der Waals surface area contributed by atoms with Crippen molar-refractivity contribution in [2.75, 3.05) is 23.7 Å². The maximum atomic E-state index is 13.2. The number of anilines is 2. The Balaban J connectivity index is 1.67. The van der Waals surface area contributed by atoms with Gasteiger partial charge in [0.15, 0.2) is 0 Å². The summed E-state index contributed by atoms with van der Waals surface area (Å²) in [4.78, 5) is 17.7. The number of piperidine rings is 1. The van der Waals surface area contributed by atoms with Crippen LogP contribution in [0.4, 0.5) is 25.0 Å². The summed E-state index contributed by atoms with van der Waals surface area (Å²) >= 11 is 0. The van der Waals surface area contributed by atoms with Gasteiger partial charge in [-0.3, -0.25) is 4.79 Å². The number of carbonyl (C=O) groups excluding carboxylic acids is 1. The van der Waals surface area contributed by atoms with E-state index in [-0.39, 0.29) is 36.7 Å². The highest BCUT2D eigenvalue weighted by atomic mass is 19.4. The summed E-state index contributed by atoms with van der Waals surface area (Å²) in [5.74, 6) is -0.752. The fraction of sp³-hybridized carbons (Fsp3) is 0.467. The molecule has 3 heterocycles. The number of hydrogen-bond acceptors (Lipinski definition) is 7. The van der Waals surface area contributed by atoms with Crippen molar-refractivity contribution in [3.05, 3.63) is 29.8 Å². The highest BCUT2D eigenvalue weighted by Crippen LogP contribution is 2.36. The van der Waals surface area contributed by atoms with Crippen molar-refractivity contribution >= 4 is 17.7 Å². The van der Waals surface area contributed by atoms with E-state index in [1.807, 2.05) is 0 Å². The zero-order valence-electron chi connectivity index (χ0n) is 13.7. The van der Waals surface area contributed by atoms with E-state index in [0.717, 1.165) is 6.07 Å². The van der Waals surface area contributed by atoms with Crippen LogP contribution in [0.5, 0.6) is 0 Å². The predicted octanol–water partition coefficient (Wildman–Crippen LogP) is 1.60. The van der Waals surface area contributed by atoms with Gasteiger partial charge in [0.1, 0.15) is 5.82 Å². The summed E-state index contributed by atoms with van der Waals surface area (Å²) in [6.07, 6.45) is -2.03. The summed E-state index contributed by atoms with van der Waals surface area (Å²) in [6, 6.07) is 2.13. The van der Waals surface area contributed by atoms with E-state index in [9.17, 15) is 18.0 Å². The van der Waals surface area contributed by atoms with Crippen LogP contribution in [-0.2, 0) is 17.5 Å². The molecule has 2 aromatic heterocycles. The van der Waals surface area contributed by atoms with E-state index in [4.69, 9.17) is 10.2 Å². The van der Waals surface area contributed by atoms with E-state index >= 15 is 0 Å². The van der Waals surface area contributed by atoms with Crippen LogP contribution in [0.3, 0.4) is 0 Å². The minimum absolute atomic E-state index is 0.0108. The first kappa shape index (κ1) is 18.0. The normalized spacial score (nSPS) is 18.0. The molecular weight excluding hydrogens is 353 g/mol. The van der Waals surface area contributed by atoms with Crippen LogP contribution in [0.15, 0.2) is 22.7 Å². The van der Waals surface area contributed by atoms with E-state index < -0.39 is 17.7 Å². The van der Waals surface area contributed by atoms with Crippen LogP contribution in [0.25, 0.3) is 0 Å². The number of nitrogens with two attached hydrogens (primary N) is 1. The number of nitrogens with zero attached hydrogens (tertiary/aromatic N) is 4. The summed E-state index contributed by atoms with van der Waals surface area (Å²) in [6.45, 7) is 0.568. The highest BCUT2D eigenvalue weighted by molar-refractivity contribution is 5.79. The molecule has 0 aromatic carbocycles. The van der Waals surface area contributed by atoms with Gasteiger partial charge < -0.3 is 20.4 Å². The second-order valence-corrected chi connectivity index (χ2v) is 5.91. The fourth-order valence-corrected chi connectivity index (χ4v) is 2.90. The Hall–Kier alpha value is -2.85. The van der Waals surface area contributed by atoms with Gasteiger partial charge in [0, 0.05) is 19.3 Å². The monoisotopic (exact) mass is 370 g/mol. The molecule has 1 fully saturated rings. The molecule has 8 nitrogen and oxygen atoms in total. The molecule has 1 amide bonds. The Labute approximate surface area is 146 Å². The van der Waals surface area contributed by atoms with Crippen molar-refractivity contribution in [2.45, 2.75) is 25.6 Å². The van der Waals surface area contributed by atoms with Crippen molar-refractivity contribution < 1.29 is 22.4 Å². The largest absolute Gasteiger partial charge is 0.419 e. The van der Waals surface area contributed by atoms with Crippen LogP contribution in [0.2, 0.25) is 0 Å². The van der Waals surface area contributed by atoms with Crippen LogP contribution >= 0.6 is 0 Å². The van der Waals surface area contributed by atoms with Gasteiger partial charge in [-0.05, 0) is 25.0 Å². The van der Waals surface area contributed by atoms with Crippen molar-refractivity contribution in [3.63, 3.8) is 0 Å². The summed E-state index contributed by atoms with van der Waals surface area (Å²) < 4.78 is 44.5. The van der Waals surface area contributed by atoms with Crippen molar-refractivity contribution in [3.8, 4) is 0 Å². The Morgan fingerprint density at radius 1 is 1.42 bits per heavy atom. The first-order valence-corrected chi connectivity index (χ1v) is 7.97. The van der Waals surface area contributed by atoms with Crippen molar-refractivity contribution in [2.24, 2.45) is 5.92 Å². The Morgan fingerprint density at radius 3 is 2.92 bits per heavy atom.